The number of primary amides is 1. The van der Waals surface area contributed by atoms with E-state index >= 15 is 0 Å². The van der Waals surface area contributed by atoms with Gasteiger partial charge in [-0.1, -0.05) is 35.3 Å². The number of rotatable bonds is 9. The second-order valence-electron chi connectivity index (χ2n) is 5.42. The molecule has 0 aliphatic heterocycles. The molecule has 134 valence electrons. The van der Waals surface area contributed by atoms with Crippen LogP contribution < -0.4 is 20.5 Å². The summed E-state index contributed by atoms with van der Waals surface area (Å²) in [6.07, 6.45) is 0.866. The molecule has 0 bridgehead atoms. The van der Waals surface area contributed by atoms with Crippen molar-refractivity contribution in [2.45, 2.75) is 13.0 Å². The molecular formula is C18H20Cl2N2O3. The van der Waals surface area contributed by atoms with Gasteiger partial charge in [0, 0.05) is 11.6 Å². The average Bonchev–Trinajstić information content (AvgIpc) is 2.57. The van der Waals surface area contributed by atoms with E-state index in [2.05, 4.69) is 5.32 Å². The van der Waals surface area contributed by atoms with Crippen LogP contribution in [-0.4, -0.2) is 26.2 Å². The van der Waals surface area contributed by atoms with Gasteiger partial charge in [0.1, 0.15) is 0 Å². The van der Waals surface area contributed by atoms with E-state index in [1.54, 1.807) is 6.07 Å². The van der Waals surface area contributed by atoms with Crippen LogP contribution in [0.3, 0.4) is 0 Å². The van der Waals surface area contributed by atoms with Crippen LogP contribution in [0.2, 0.25) is 10.0 Å². The van der Waals surface area contributed by atoms with Gasteiger partial charge in [0.15, 0.2) is 18.1 Å². The topological polar surface area (TPSA) is 73.6 Å². The van der Waals surface area contributed by atoms with Crippen LogP contribution in [0.1, 0.15) is 11.1 Å². The molecule has 7 heteroatoms. The van der Waals surface area contributed by atoms with Crippen molar-refractivity contribution in [3.8, 4) is 11.5 Å². The number of carbonyl (C=O) groups is 1. The quantitative estimate of drug-likeness (QED) is 0.653. The third-order valence-corrected chi connectivity index (χ3v) is 3.97. The Balaban J connectivity index is 1.93. The lowest BCUT2D eigenvalue weighted by Crippen LogP contribution is -2.20. The highest BCUT2D eigenvalue weighted by atomic mass is 35.5. The van der Waals surface area contributed by atoms with Gasteiger partial charge in [-0.25, -0.2) is 0 Å². The maximum atomic E-state index is 10.9. The summed E-state index contributed by atoms with van der Waals surface area (Å²) in [5.41, 5.74) is 7.20. The van der Waals surface area contributed by atoms with Crippen molar-refractivity contribution >= 4 is 29.1 Å². The predicted molar refractivity (Wildman–Crippen MR) is 99.6 cm³/mol. The summed E-state index contributed by atoms with van der Waals surface area (Å²) in [6.45, 7) is 1.15. The molecule has 2 rings (SSSR count). The number of nitrogens with one attached hydrogen (secondary N) is 1. The van der Waals surface area contributed by atoms with Gasteiger partial charge >= 0.3 is 0 Å². The molecule has 0 aliphatic rings. The number of ether oxygens (including phenoxy) is 2. The fourth-order valence-electron chi connectivity index (χ4n) is 2.32. The lowest BCUT2D eigenvalue weighted by atomic mass is 10.1. The summed E-state index contributed by atoms with van der Waals surface area (Å²) in [7, 11) is 1.51. The summed E-state index contributed by atoms with van der Waals surface area (Å²) >= 11 is 12.2. The highest BCUT2D eigenvalue weighted by molar-refractivity contribution is 6.32. The lowest BCUT2D eigenvalue weighted by Gasteiger charge is -2.14. The molecule has 0 fully saturated rings. The molecule has 0 aromatic heterocycles. The minimum atomic E-state index is -0.579. The van der Waals surface area contributed by atoms with E-state index < -0.39 is 5.91 Å². The Morgan fingerprint density at radius 3 is 2.68 bits per heavy atom. The Labute approximate surface area is 157 Å². The molecule has 3 N–H and O–H groups in total. The maximum Gasteiger partial charge on any atom is 0.255 e. The molecular weight excluding hydrogens is 363 g/mol. The van der Waals surface area contributed by atoms with Crippen molar-refractivity contribution < 1.29 is 14.3 Å². The molecule has 0 spiro atoms. The monoisotopic (exact) mass is 382 g/mol. The largest absolute Gasteiger partial charge is 0.493 e. The van der Waals surface area contributed by atoms with Crippen LogP contribution >= 0.6 is 23.2 Å². The molecule has 0 unspecified atom stereocenters. The van der Waals surface area contributed by atoms with Crippen molar-refractivity contribution in [1.82, 2.24) is 5.32 Å². The Morgan fingerprint density at radius 1 is 1.20 bits per heavy atom. The molecule has 0 saturated carbocycles. The van der Waals surface area contributed by atoms with E-state index in [0.29, 0.717) is 23.1 Å². The fourth-order valence-corrected chi connectivity index (χ4v) is 2.82. The highest BCUT2D eigenvalue weighted by Gasteiger charge is 2.13. The highest BCUT2D eigenvalue weighted by Crippen LogP contribution is 2.36. The van der Waals surface area contributed by atoms with E-state index in [4.69, 9.17) is 38.4 Å². The van der Waals surface area contributed by atoms with Crippen LogP contribution in [0, 0.1) is 0 Å². The van der Waals surface area contributed by atoms with Gasteiger partial charge in [-0.3, -0.25) is 4.79 Å². The number of nitrogens with two attached hydrogens (primary N) is 1. The third kappa shape index (κ3) is 6.12. The SMILES string of the molecule is COc1cc(CNCCc2cccc(Cl)c2)cc(Cl)c1OCC(N)=O. The zero-order chi connectivity index (χ0) is 18.2. The molecule has 0 atom stereocenters. The van der Waals surface area contributed by atoms with Gasteiger partial charge in [0.05, 0.1) is 12.1 Å². The first-order chi connectivity index (χ1) is 12.0. The first kappa shape index (κ1) is 19.4. The van der Waals surface area contributed by atoms with Gasteiger partial charge in [-0.15, -0.1) is 0 Å². The van der Waals surface area contributed by atoms with E-state index in [1.807, 2.05) is 30.3 Å². The summed E-state index contributed by atoms with van der Waals surface area (Å²) in [4.78, 5) is 10.9. The van der Waals surface area contributed by atoms with Crippen molar-refractivity contribution in [3.63, 3.8) is 0 Å². The van der Waals surface area contributed by atoms with Gasteiger partial charge in [-0.2, -0.15) is 0 Å². The van der Waals surface area contributed by atoms with Crippen LogP contribution in [0.4, 0.5) is 0 Å². The summed E-state index contributed by atoms with van der Waals surface area (Å²) in [5, 5.41) is 4.45. The van der Waals surface area contributed by atoms with Crippen LogP contribution in [-0.2, 0) is 17.8 Å². The van der Waals surface area contributed by atoms with E-state index in [9.17, 15) is 4.79 Å². The zero-order valence-corrected chi connectivity index (χ0v) is 15.4. The van der Waals surface area contributed by atoms with Crippen molar-refractivity contribution in [3.05, 3.63) is 57.6 Å². The molecule has 1 amide bonds. The van der Waals surface area contributed by atoms with E-state index in [0.717, 1.165) is 23.6 Å². The van der Waals surface area contributed by atoms with Crippen LogP contribution in [0.15, 0.2) is 36.4 Å². The fraction of sp³-hybridized carbons (Fsp3) is 0.278. The van der Waals surface area contributed by atoms with E-state index in [-0.39, 0.29) is 6.61 Å². The Bertz CT molecular complexity index is 738. The van der Waals surface area contributed by atoms with Gasteiger partial charge in [-0.05, 0) is 48.4 Å². The normalized spacial score (nSPS) is 10.5. The number of hydrogen-bond donors (Lipinski definition) is 2. The smallest absolute Gasteiger partial charge is 0.255 e. The Hall–Kier alpha value is -1.95. The molecule has 0 saturated heterocycles. The molecule has 2 aromatic rings. The van der Waals surface area contributed by atoms with Gasteiger partial charge < -0.3 is 20.5 Å². The number of amides is 1. The molecule has 2 aromatic carbocycles. The minimum absolute atomic E-state index is 0.257. The number of carbonyl (C=O) groups excluding carboxylic acids is 1. The van der Waals surface area contributed by atoms with Gasteiger partial charge in [0.2, 0.25) is 0 Å². The van der Waals surface area contributed by atoms with Crippen molar-refractivity contribution in [1.29, 1.82) is 0 Å². The third-order valence-electron chi connectivity index (χ3n) is 3.46. The summed E-state index contributed by atoms with van der Waals surface area (Å²) < 4.78 is 10.6. The second-order valence-corrected chi connectivity index (χ2v) is 6.26. The van der Waals surface area contributed by atoms with Crippen molar-refractivity contribution in [2.24, 2.45) is 5.73 Å². The Morgan fingerprint density at radius 2 is 2.00 bits per heavy atom. The van der Waals surface area contributed by atoms with Crippen LogP contribution in [0.5, 0.6) is 11.5 Å². The number of benzene rings is 2. The van der Waals surface area contributed by atoms with E-state index in [1.165, 1.54) is 12.7 Å². The zero-order valence-electron chi connectivity index (χ0n) is 13.9. The summed E-state index contributed by atoms with van der Waals surface area (Å²) in [5.74, 6) is 0.191. The summed E-state index contributed by atoms with van der Waals surface area (Å²) in [6, 6.07) is 11.4. The second kappa shape index (κ2) is 9.51. The van der Waals surface area contributed by atoms with Gasteiger partial charge in [0.25, 0.3) is 5.91 Å². The maximum absolute atomic E-state index is 10.9. The standard InChI is InChI=1S/C18H20Cl2N2O3/c1-24-16-9-13(8-15(20)18(16)25-11-17(21)23)10-22-6-5-12-3-2-4-14(19)7-12/h2-4,7-9,22H,5-6,10-11H2,1H3,(H2,21,23). The predicted octanol–water partition coefficient (Wildman–Crippen LogP) is 3.20. The Kier molecular flexibility index (Phi) is 7.37. The molecule has 5 nitrogen and oxygen atoms in total. The minimum Gasteiger partial charge on any atom is -0.493 e. The molecule has 25 heavy (non-hydrogen) atoms. The molecule has 0 heterocycles. The van der Waals surface area contributed by atoms with Crippen molar-refractivity contribution in [2.75, 3.05) is 20.3 Å². The number of halogens is 2. The molecule has 0 radical (unpaired) electrons. The first-order valence-electron chi connectivity index (χ1n) is 7.72. The first-order valence-corrected chi connectivity index (χ1v) is 8.48. The number of hydrogen-bond acceptors (Lipinski definition) is 4. The molecule has 0 aliphatic carbocycles. The number of methoxy groups -OCH3 is 1. The lowest BCUT2D eigenvalue weighted by molar-refractivity contribution is -0.119. The average molecular weight is 383 g/mol. The van der Waals surface area contributed by atoms with Crippen LogP contribution in [0.25, 0.3) is 0 Å².